The molecule has 0 aromatic carbocycles. The number of ether oxygens (including phenoxy) is 1. The lowest BCUT2D eigenvalue weighted by Crippen LogP contribution is -2.06. The van der Waals surface area contributed by atoms with Crippen LogP contribution >= 0.6 is 0 Å². The molecule has 0 aromatic heterocycles. The summed E-state index contributed by atoms with van der Waals surface area (Å²) in [7, 11) is 1.46. The van der Waals surface area contributed by atoms with Gasteiger partial charge in [-0.2, -0.15) is 5.26 Å². The van der Waals surface area contributed by atoms with Crippen LogP contribution in [0.25, 0.3) is 0 Å². The van der Waals surface area contributed by atoms with E-state index in [9.17, 15) is 4.79 Å². The Morgan fingerprint density at radius 3 is 2.50 bits per heavy atom. The van der Waals surface area contributed by atoms with E-state index in [-0.39, 0.29) is 12.2 Å². The summed E-state index contributed by atoms with van der Waals surface area (Å²) in [5.41, 5.74) is 0.312. The zero-order valence-corrected chi connectivity index (χ0v) is 7.13. The third kappa shape index (κ3) is 2.72. The first-order chi connectivity index (χ1) is 5.67. The van der Waals surface area contributed by atoms with Gasteiger partial charge in [-0.15, -0.1) is 0 Å². The fourth-order valence-corrected chi connectivity index (χ4v) is 0.803. The normalized spacial score (nSPS) is 11.8. The van der Waals surface area contributed by atoms with Gasteiger partial charge in [0.1, 0.15) is 11.6 Å². The molecule has 66 valence electrons. The monoisotopic (exact) mass is 169 g/mol. The molecule has 0 aliphatic carbocycles. The molecule has 0 fully saturated rings. The van der Waals surface area contributed by atoms with Crippen molar-refractivity contribution < 1.29 is 14.6 Å². The Morgan fingerprint density at radius 2 is 2.25 bits per heavy atom. The molecule has 4 nitrogen and oxygen atoms in total. The van der Waals surface area contributed by atoms with Crippen molar-refractivity contribution >= 4 is 5.97 Å². The van der Waals surface area contributed by atoms with Gasteiger partial charge in [0.15, 0.2) is 0 Å². The molecule has 1 N–H and O–H groups in total. The lowest BCUT2D eigenvalue weighted by atomic mass is 10.1. The van der Waals surface area contributed by atoms with E-state index in [1.54, 1.807) is 13.0 Å². The van der Waals surface area contributed by atoms with Gasteiger partial charge < -0.3 is 9.84 Å². The second kappa shape index (κ2) is 5.33. The van der Waals surface area contributed by atoms with Gasteiger partial charge >= 0.3 is 5.97 Å². The molecular weight excluding hydrogens is 158 g/mol. The Bertz CT molecular complexity index is 237. The predicted molar refractivity (Wildman–Crippen MR) is 42.4 cm³/mol. The van der Waals surface area contributed by atoms with Crippen molar-refractivity contribution in [1.82, 2.24) is 0 Å². The first kappa shape index (κ1) is 10.7. The van der Waals surface area contributed by atoms with Crippen LogP contribution in [0, 0.1) is 11.3 Å². The van der Waals surface area contributed by atoms with E-state index in [0.29, 0.717) is 12.0 Å². The number of carbonyl (C=O) groups is 1. The molecule has 0 spiro atoms. The highest BCUT2D eigenvalue weighted by Crippen LogP contribution is 2.08. The average Bonchev–Trinajstić information content (AvgIpc) is 2.03. The summed E-state index contributed by atoms with van der Waals surface area (Å²) in [4.78, 5) is 10.5. The number of aliphatic carboxylic acids is 1. The minimum atomic E-state index is -1.19. The molecule has 0 heterocycles. The molecule has 0 aromatic rings. The Hall–Kier alpha value is -1.34. The maximum absolute atomic E-state index is 10.5. The first-order valence-corrected chi connectivity index (χ1v) is 3.51. The number of rotatable bonds is 4. The largest absolute Gasteiger partial charge is 0.477 e. The minimum Gasteiger partial charge on any atom is -0.477 e. The Morgan fingerprint density at radius 1 is 1.67 bits per heavy atom. The van der Waals surface area contributed by atoms with E-state index in [0.717, 1.165) is 0 Å². The number of carboxylic acid groups (broad SMARTS) is 1. The smallest absolute Gasteiger partial charge is 0.346 e. The van der Waals surface area contributed by atoms with Crippen LogP contribution in [0.15, 0.2) is 11.1 Å². The summed E-state index contributed by atoms with van der Waals surface area (Å²) in [6, 6.07) is 1.64. The molecule has 0 aliphatic heterocycles. The maximum Gasteiger partial charge on any atom is 0.346 e. The number of carboxylic acids is 1. The topological polar surface area (TPSA) is 70.3 Å². The van der Waals surface area contributed by atoms with Gasteiger partial charge in [0.05, 0.1) is 6.61 Å². The summed E-state index contributed by atoms with van der Waals surface area (Å²) in [6.07, 6.45) is 0.517. The summed E-state index contributed by atoms with van der Waals surface area (Å²) in [5, 5.41) is 17.0. The van der Waals surface area contributed by atoms with Crippen LogP contribution in [-0.2, 0) is 9.53 Å². The van der Waals surface area contributed by atoms with Crippen LogP contribution in [0.5, 0.6) is 0 Å². The van der Waals surface area contributed by atoms with Crippen molar-refractivity contribution in [3.8, 4) is 6.07 Å². The number of hydrogen-bond donors (Lipinski definition) is 1. The molecule has 0 saturated carbocycles. The zero-order valence-electron chi connectivity index (χ0n) is 7.13. The molecule has 0 radical (unpaired) electrons. The first-order valence-electron chi connectivity index (χ1n) is 3.51. The molecule has 0 bridgehead atoms. The molecule has 4 heteroatoms. The van der Waals surface area contributed by atoms with Crippen LogP contribution in [0.4, 0.5) is 0 Å². The van der Waals surface area contributed by atoms with Crippen LogP contribution in [0.3, 0.4) is 0 Å². The highest BCUT2D eigenvalue weighted by Gasteiger charge is 2.11. The van der Waals surface area contributed by atoms with E-state index < -0.39 is 5.97 Å². The van der Waals surface area contributed by atoms with E-state index in [1.807, 2.05) is 0 Å². The number of nitriles is 1. The zero-order chi connectivity index (χ0) is 9.56. The molecular formula is C8H11NO3. The quantitative estimate of drug-likeness (QED) is 0.502. The van der Waals surface area contributed by atoms with Crippen LogP contribution in [0.2, 0.25) is 0 Å². The van der Waals surface area contributed by atoms with Crippen molar-refractivity contribution in [1.29, 1.82) is 5.26 Å². The third-order valence-electron chi connectivity index (χ3n) is 1.42. The Balaban J connectivity index is 4.77. The fourth-order valence-electron chi connectivity index (χ4n) is 0.803. The third-order valence-corrected chi connectivity index (χ3v) is 1.42. The van der Waals surface area contributed by atoms with Gasteiger partial charge in [-0.1, -0.05) is 6.92 Å². The molecule has 0 rings (SSSR count). The Kier molecular flexibility index (Phi) is 4.73. The van der Waals surface area contributed by atoms with E-state index in [1.165, 1.54) is 7.11 Å². The highest BCUT2D eigenvalue weighted by atomic mass is 16.5. The van der Waals surface area contributed by atoms with Crippen molar-refractivity contribution in [2.75, 3.05) is 13.7 Å². The summed E-state index contributed by atoms with van der Waals surface area (Å²) >= 11 is 0. The predicted octanol–water partition coefficient (Wildman–Crippen LogP) is 0.948. The van der Waals surface area contributed by atoms with Gasteiger partial charge in [0.25, 0.3) is 0 Å². The molecule has 12 heavy (non-hydrogen) atoms. The minimum absolute atomic E-state index is 0.200. The van der Waals surface area contributed by atoms with E-state index in [2.05, 4.69) is 0 Å². The lowest BCUT2D eigenvalue weighted by molar-refractivity contribution is -0.132. The molecule has 0 unspecified atom stereocenters. The second-order valence-corrected chi connectivity index (χ2v) is 2.18. The number of methoxy groups -OCH3 is 1. The van der Waals surface area contributed by atoms with Gasteiger partial charge in [0, 0.05) is 7.11 Å². The summed E-state index contributed by atoms with van der Waals surface area (Å²) < 4.78 is 4.76. The van der Waals surface area contributed by atoms with Crippen LogP contribution in [-0.4, -0.2) is 24.8 Å². The second-order valence-electron chi connectivity index (χ2n) is 2.18. The van der Waals surface area contributed by atoms with E-state index >= 15 is 0 Å². The van der Waals surface area contributed by atoms with Crippen molar-refractivity contribution in [2.24, 2.45) is 0 Å². The maximum atomic E-state index is 10.5. The number of hydrogen-bond acceptors (Lipinski definition) is 3. The fraction of sp³-hybridized carbons (Fsp3) is 0.500. The Labute approximate surface area is 71.1 Å². The van der Waals surface area contributed by atoms with Gasteiger partial charge in [-0.3, -0.25) is 0 Å². The summed E-state index contributed by atoms with van der Waals surface area (Å²) in [6.45, 7) is 1.99. The van der Waals surface area contributed by atoms with Gasteiger partial charge in [0.2, 0.25) is 0 Å². The highest BCUT2D eigenvalue weighted by molar-refractivity contribution is 5.92. The molecule has 0 atom stereocenters. The number of nitrogens with zero attached hydrogens (tertiary/aromatic N) is 1. The molecule has 0 saturated heterocycles. The van der Waals surface area contributed by atoms with Crippen molar-refractivity contribution in [3.05, 3.63) is 11.1 Å². The summed E-state index contributed by atoms with van der Waals surface area (Å²) in [5.74, 6) is -1.19. The SMILES string of the molecule is CC/C(COC)=C(\C#N)C(=O)O. The van der Waals surface area contributed by atoms with Crippen molar-refractivity contribution in [3.63, 3.8) is 0 Å². The van der Waals surface area contributed by atoms with Gasteiger partial charge in [-0.25, -0.2) is 4.79 Å². The standard InChI is InChI=1S/C8H11NO3/c1-3-6(5-12-2)7(4-9)8(10)11/h3,5H2,1-2H3,(H,10,11)/b7-6-. The van der Waals surface area contributed by atoms with Crippen LogP contribution in [0.1, 0.15) is 13.3 Å². The van der Waals surface area contributed by atoms with Gasteiger partial charge in [-0.05, 0) is 12.0 Å². The average molecular weight is 169 g/mol. The van der Waals surface area contributed by atoms with Crippen molar-refractivity contribution in [2.45, 2.75) is 13.3 Å². The van der Waals surface area contributed by atoms with E-state index in [4.69, 9.17) is 15.1 Å². The molecule has 0 amide bonds. The molecule has 0 aliphatic rings. The van der Waals surface area contributed by atoms with Crippen LogP contribution < -0.4 is 0 Å². The lowest BCUT2D eigenvalue weighted by Gasteiger charge is -2.02.